The highest BCUT2D eigenvalue weighted by Gasteiger charge is 2.36. The van der Waals surface area contributed by atoms with Gasteiger partial charge in [-0.1, -0.05) is 35.0 Å². The third-order valence-corrected chi connectivity index (χ3v) is 5.64. The lowest BCUT2D eigenvalue weighted by Crippen LogP contribution is -2.18. The number of carbonyl (C=O) groups excluding carboxylic acids is 1. The van der Waals surface area contributed by atoms with E-state index in [2.05, 4.69) is 5.16 Å². The predicted molar refractivity (Wildman–Crippen MR) is 124 cm³/mol. The number of nitrogens with zero attached hydrogens (tertiary/aromatic N) is 2. The summed E-state index contributed by atoms with van der Waals surface area (Å²) >= 11 is 6.20. The Labute approximate surface area is 198 Å². The normalized spacial score (nSPS) is 12.1. The molecular weight excluding hydrogens is 466 g/mol. The SMILES string of the molecule is Cc1cn(C(=O)c2c(-c3c(F)cccc3Cl)noc2C(C)(C)F)c2cccc(/C=C/C(=O)O)c12. The zero-order valence-electron chi connectivity index (χ0n) is 18.4. The van der Waals surface area contributed by atoms with E-state index in [1.54, 1.807) is 31.3 Å². The van der Waals surface area contributed by atoms with Gasteiger partial charge in [-0.05, 0) is 56.2 Å². The molecule has 0 saturated carbocycles. The summed E-state index contributed by atoms with van der Waals surface area (Å²) in [5, 5.41) is 13.4. The fourth-order valence-corrected chi connectivity index (χ4v) is 4.15. The number of rotatable bonds is 5. The molecule has 9 heteroatoms. The predicted octanol–water partition coefficient (Wildman–Crippen LogP) is 6.39. The second-order valence-electron chi connectivity index (χ2n) is 8.20. The summed E-state index contributed by atoms with van der Waals surface area (Å²) in [5.74, 6) is -2.93. The van der Waals surface area contributed by atoms with Gasteiger partial charge in [0.15, 0.2) is 11.4 Å². The van der Waals surface area contributed by atoms with E-state index < -0.39 is 23.4 Å². The highest BCUT2D eigenvalue weighted by atomic mass is 35.5. The van der Waals surface area contributed by atoms with Crippen LogP contribution < -0.4 is 0 Å². The molecule has 0 aliphatic heterocycles. The summed E-state index contributed by atoms with van der Waals surface area (Å²) in [4.78, 5) is 24.8. The molecule has 2 aromatic carbocycles. The molecular formula is C25H19ClF2N2O4. The zero-order valence-corrected chi connectivity index (χ0v) is 19.2. The Morgan fingerprint density at radius 1 is 1.21 bits per heavy atom. The Balaban J connectivity index is 1.98. The van der Waals surface area contributed by atoms with Gasteiger partial charge in [0.1, 0.15) is 17.1 Å². The molecule has 0 amide bonds. The van der Waals surface area contributed by atoms with E-state index in [0.717, 1.165) is 12.1 Å². The minimum Gasteiger partial charge on any atom is -0.478 e. The second kappa shape index (κ2) is 8.53. The minimum atomic E-state index is -2.11. The molecule has 0 aliphatic carbocycles. The minimum absolute atomic E-state index is 0.0137. The molecule has 34 heavy (non-hydrogen) atoms. The van der Waals surface area contributed by atoms with Crippen molar-refractivity contribution >= 4 is 40.5 Å². The van der Waals surface area contributed by atoms with Gasteiger partial charge in [-0.3, -0.25) is 9.36 Å². The van der Waals surface area contributed by atoms with Crippen LogP contribution in [0.25, 0.3) is 28.2 Å². The lowest BCUT2D eigenvalue weighted by Gasteiger charge is -2.13. The van der Waals surface area contributed by atoms with E-state index >= 15 is 4.39 Å². The Bertz CT molecular complexity index is 1460. The third-order valence-electron chi connectivity index (χ3n) is 5.32. The lowest BCUT2D eigenvalue weighted by atomic mass is 9.98. The molecule has 2 heterocycles. The van der Waals surface area contributed by atoms with Gasteiger partial charge in [0.25, 0.3) is 5.91 Å². The molecule has 2 aromatic heterocycles. The zero-order chi connectivity index (χ0) is 24.8. The van der Waals surface area contributed by atoms with Crippen molar-refractivity contribution in [2.24, 2.45) is 0 Å². The van der Waals surface area contributed by atoms with Crippen molar-refractivity contribution in [3.8, 4) is 11.3 Å². The number of alkyl halides is 1. The van der Waals surface area contributed by atoms with Gasteiger partial charge in [0, 0.05) is 17.7 Å². The molecule has 4 aromatic rings. The van der Waals surface area contributed by atoms with Crippen molar-refractivity contribution in [2.75, 3.05) is 0 Å². The Hall–Kier alpha value is -3.78. The molecule has 4 rings (SSSR count). The van der Waals surface area contributed by atoms with Crippen LogP contribution in [0.4, 0.5) is 8.78 Å². The number of aliphatic carboxylic acids is 1. The number of hydrogen-bond donors (Lipinski definition) is 1. The number of fused-ring (bicyclic) bond motifs is 1. The van der Waals surface area contributed by atoms with E-state index in [-0.39, 0.29) is 27.6 Å². The quantitative estimate of drug-likeness (QED) is 0.332. The smallest absolute Gasteiger partial charge is 0.328 e. The van der Waals surface area contributed by atoms with Crippen molar-refractivity contribution in [1.29, 1.82) is 0 Å². The molecule has 6 nitrogen and oxygen atoms in total. The van der Waals surface area contributed by atoms with Gasteiger partial charge < -0.3 is 9.63 Å². The number of benzene rings is 2. The number of carbonyl (C=O) groups is 2. The largest absolute Gasteiger partial charge is 0.478 e. The van der Waals surface area contributed by atoms with Crippen LogP contribution >= 0.6 is 11.6 Å². The van der Waals surface area contributed by atoms with Gasteiger partial charge in [-0.25, -0.2) is 13.6 Å². The maximum absolute atomic E-state index is 15.1. The molecule has 0 fully saturated rings. The van der Waals surface area contributed by atoms with Crippen molar-refractivity contribution in [2.45, 2.75) is 26.4 Å². The fourth-order valence-electron chi connectivity index (χ4n) is 3.89. The monoisotopic (exact) mass is 484 g/mol. The molecule has 0 spiro atoms. The van der Waals surface area contributed by atoms with E-state index in [1.165, 1.54) is 36.6 Å². The summed E-state index contributed by atoms with van der Waals surface area (Å²) in [7, 11) is 0. The molecule has 174 valence electrons. The third kappa shape index (κ3) is 4.01. The number of halogens is 3. The molecule has 0 radical (unpaired) electrons. The first-order valence-electron chi connectivity index (χ1n) is 10.2. The van der Waals surface area contributed by atoms with Crippen LogP contribution in [0, 0.1) is 12.7 Å². The molecule has 0 saturated heterocycles. The molecule has 0 unspecified atom stereocenters. The first kappa shape index (κ1) is 23.4. The molecule has 1 N–H and O–H groups in total. The van der Waals surface area contributed by atoms with Crippen LogP contribution in [0.1, 0.15) is 41.1 Å². The van der Waals surface area contributed by atoms with Crippen molar-refractivity contribution in [3.05, 3.63) is 82.0 Å². The van der Waals surface area contributed by atoms with Gasteiger partial charge >= 0.3 is 5.97 Å². The standard InChI is InChI=1S/C25H19ClF2N2O4/c1-13-12-30(17-9-4-6-14(19(13)17)10-11-18(31)32)24(33)21-22(29-34-23(21)25(2,3)28)20-15(26)7-5-8-16(20)27/h4-12H,1-3H3,(H,31,32)/b11-10+. The van der Waals surface area contributed by atoms with Crippen LogP contribution in [0.2, 0.25) is 5.02 Å². The topological polar surface area (TPSA) is 85.3 Å². The second-order valence-corrected chi connectivity index (χ2v) is 8.61. The fraction of sp³-hybridized carbons (Fsp3) is 0.160. The van der Waals surface area contributed by atoms with Crippen molar-refractivity contribution in [1.82, 2.24) is 9.72 Å². The van der Waals surface area contributed by atoms with Crippen LogP contribution in [0.5, 0.6) is 0 Å². The average Bonchev–Trinajstić information content (AvgIpc) is 3.34. The van der Waals surface area contributed by atoms with E-state index in [9.17, 15) is 14.0 Å². The van der Waals surface area contributed by atoms with Gasteiger partial charge in [0.05, 0.1) is 16.1 Å². The van der Waals surface area contributed by atoms with E-state index in [0.29, 0.717) is 22.0 Å². The Morgan fingerprint density at radius 2 is 1.91 bits per heavy atom. The summed E-state index contributed by atoms with van der Waals surface area (Å²) < 4.78 is 36.3. The number of aryl methyl sites for hydroxylation is 1. The average molecular weight is 485 g/mol. The number of carboxylic acid groups (broad SMARTS) is 1. The molecule has 0 atom stereocenters. The number of carboxylic acids is 1. The van der Waals surface area contributed by atoms with Gasteiger partial charge in [0.2, 0.25) is 0 Å². The molecule has 0 bridgehead atoms. The van der Waals surface area contributed by atoms with Crippen molar-refractivity contribution < 1.29 is 28.0 Å². The summed E-state index contributed by atoms with van der Waals surface area (Å²) in [6, 6.07) is 9.03. The summed E-state index contributed by atoms with van der Waals surface area (Å²) in [5.41, 5.74) is -1.05. The highest BCUT2D eigenvalue weighted by Crippen LogP contribution is 2.39. The van der Waals surface area contributed by atoms with Gasteiger partial charge in [-0.15, -0.1) is 0 Å². The lowest BCUT2D eigenvalue weighted by molar-refractivity contribution is -0.131. The number of aromatic nitrogens is 2. The molecule has 0 aliphatic rings. The van der Waals surface area contributed by atoms with Crippen LogP contribution in [-0.2, 0) is 10.5 Å². The summed E-state index contributed by atoms with van der Waals surface area (Å²) in [6.45, 7) is 4.15. The Morgan fingerprint density at radius 3 is 2.56 bits per heavy atom. The van der Waals surface area contributed by atoms with E-state index in [4.69, 9.17) is 21.2 Å². The number of hydrogen-bond acceptors (Lipinski definition) is 4. The van der Waals surface area contributed by atoms with Crippen molar-refractivity contribution in [3.63, 3.8) is 0 Å². The van der Waals surface area contributed by atoms with Crippen LogP contribution in [0.15, 0.2) is 53.2 Å². The first-order valence-corrected chi connectivity index (χ1v) is 10.6. The Kier molecular flexibility index (Phi) is 5.87. The summed E-state index contributed by atoms with van der Waals surface area (Å²) in [6.07, 6.45) is 3.96. The van der Waals surface area contributed by atoms with Crippen LogP contribution in [-0.4, -0.2) is 26.7 Å². The maximum atomic E-state index is 15.1. The maximum Gasteiger partial charge on any atom is 0.328 e. The van der Waals surface area contributed by atoms with Crippen LogP contribution in [0.3, 0.4) is 0 Å². The van der Waals surface area contributed by atoms with E-state index in [1.807, 2.05) is 0 Å². The highest BCUT2D eigenvalue weighted by molar-refractivity contribution is 6.33. The first-order chi connectivity index (χ1) is 16.0. The van der Waals surface area contributed by atoms with Gasteiger partial charge in [-0.2, -0.15) is 0 Å².